The Bertz CT molecular complexity index is 350. The molecule has 0 bridgehead atoms. The van der Waals surface area contributed by atoms with Gasteiger partial charge in [0.15, 0.2) is 0 Å². The molecule has 0 aliphatic rings. The standard InChI is InChI=1S/C12H20ClN3O/c1-3-16-12(11(13)10-15-16)6-4-5-7-14-8-9-17-2/h4,6,10,14H,3,5,7-9H2,1-2H3/b6-4+. The van der Waals surface area contributed by atoms with E-state index in [0.29, 0.717) is 5.02 Å². The minimum absolute atomic E-state index is 0.704. The third kappa shape index (κ3) is 4.89. The summed E-state index contributed by atoms with van der Waals surface area (Å²) in [7, 11) is 1.70. The van der Waals surface area contributed by atoms with E-state index in [2.05, 4.69) is 16.5 Å². The Morgan fingerprint density at radius 1 is 1.53 bits per heavy atom. The summed E-state index contributed by atoms with van der Waals surface area (Å²) in [5, 5.41) is 8.16. The first-order chi connectivity index (χ1) is 8.29. The maximum absolute atomic E-state index is 6.04. The molecule has 0 aromatic carbocycles. The van der Waals surface area contributed by atoms with Gasteiger partial charge in [-0.3, -0.25) is 4.68 Å². The maximum atomic E-state index is 6.04. The molecule has 0 unspecified atom stereocenters. The van der Waals surface area contributed by atoms with Crippen LogP contribution in [-0.2, 0) is 11.3 Å². The van der Waals surface area contributed by atoms with Crippen LogP contribution in [0, 0.1) is 0 Å². The highest BCUT2D eigenvalue weighted by Gasteiger charge is 2.02. The van der Waals surface area contributed by atoms with Crippen molar-refractivity contribution < 1.29 is 4.74 Å². The van der Waals surface area contributed by atoms with Crippen molar-refractivity contribution in [3.05, 3.63) is 23.0 Å². The first-order valence-electron chi connectivity index (χ1n) is 5.87. The number of methoxy groups -OCH3 is 1. The Hall–Kier alpha value is -0.840. The molecule has 1 N–H and O–H groups in total. The second kappa shape index (κ2) is 8.28. The van der Waals surface area contributed by atoms with E-state index in [1.54, 1.807) is 13.3 Å². The van der Waals surface area contributed by atoms with Crippen molar-refractivity contribution in [2.45, 2.75) is 19.9 Å². The zero-order valence-corrected chi connectivity index (χ0v) is 11.2. The highest BCUT2D eigenvalue weighted by molar-refractivity contribution is 6.31. The van der Waals surface area contributed by atoms with E-state index < -0.39 is 0 Å². The number of hydrogen-bond acceptors (Lipinski definition) is 3. The summed E-state index contributed by atoms with van der Waals surface area (Å²) in [4.78, 5) is 0. The summed E-state index contributed by atoms with van der Waals surface area (Å²) in [6, 6.07) is 0. The van der Waals surface area contributed by atoms with E-state index in [-0.39, 0.29) is 0 Å². The molecule has 96 valence electrons. The van der Waals surface area contributed by atoms with Crippen LogP contribution in [-0.4, -0.2) is 36.6 Å². The molecule has 5 heteroatoms. The predicted octanol–water partition coefficient (Wildman–Crippen LogP) is 2.20. The molecule has 0 aliphatic heterocycles. The minimum Gasteiger partial charge on any atom is -0.383 e. The van der Waals surface area contributed by atoms with Crippen molar-refractivity contribution in [2.75, 3.05) is 26.8 Å². The van der Waals surface area contributed by atoms with E-state index in [0.717, 1.165) is 38.4 Å². The molecule has 0 saturated carbocycles. The van der Waals surface area contributed by atoms with Crippen LogP contribution in [0.3, 0.4) is 0 Å². The van der Waals surface area contributed by atoms with Gasteiger partial charge in [-0.2, -0.15) is 5.10 Å². The van der Waals surface area contributed by atoms with Crippen molar-refractivity contribution in [3.63, 3.8) is 0 Å². The molecule has 0 saturated heterocycles. The number of ether oxygens (including phenoxy) is 1. The van der Waals surface area contributed by atoms with Gasteiger partial charge in [-0.25, -0.2) is 0 Å². The van der Waals surface area contributed by atoms with Gasteiger partial charge in [0, 0.05) is 20.2 Å². The van der Waals surface area contributed by atoms with Crippen LogP contribution in [0.1, 0.15) is 19.0 Å². The smallest absolute Gasteiger partial charge is 0.0859 e. The number of nitrogens with one attached hydrogen (secondary N) is 1. The largest absolute Gasteiger partial charge is 0.383 e. The minimum atomic E-state index is 0.704. The van der Waals surface area contributed by atoms with Crippen LogP contribution in [0.15, 0.2) is 12.3 Å². The van der Waals surface area contributed by atoms with E-state index in [1.165, 1.54) is 0 Å². The van der Waals surface area contributed by atoms with Crippen LogP contribution in [0.25, 0.3) is 6.08 Å². The molecule has 0 radical (unpaired) electrons. The Morgan fingerprint density at radius 2 is 2.35 bits per heavy atom. The van der Waals surface area contributed by atoms with Crippen LogP contribution < -0.4 is 5.32 Å². The molecule has 1 rings (SSSR count). The summed E-state index contributed by atoms with van der Waals surface area (Å²) in [5.41, 5.74) is 0.978. The second-order valence-electron chi connectivity index (χ2n) is 3.63. The maximum Gasteiger partial charge on any atom is 0.0859 e. The fraction of sp³-hybridized carbons (Fsp3) is 0.583. The lowest BCUT2D eigenvalue weighted by Gasteiger charge is -2.01. The van der Waals surface area contributed by atoms with Crippen molar-refractivity contribution in [3.8, 4) is 0 Å². The third-order valence-corrected chi connectivity index (χ3v) is 2.67. The van der Waals surface area contributed by atoms with E-state index in [1.807, 2.05) is 17.7 Å². The SMILES string of the molecule is CCn1ncc(Cl)c1/C=C/CCNCCOC. The molecule has 0 spiro atoms. The molecule has 1 heterocycles. The fourth-order valence-electron chi connectivity index (χ4n) is 1.47. The fourth-order valence-corrected chi connectivity index (χ4v) is 1.67. The molecule has 1 aromatic rings. The van der Waals surface area contributed by atoms with Crippen molar-refractivity contribution in [1.82, 2.24) is 15.1 Å². The zero-order valence-electron chi connectivity index (χ0n) is 10.4. The van der Waals surface area contributed by atoms with Gasteiger partial charge in [0.2, 0.25) is 0 Å². The van der Waals surface area contributed by atoms with Gasteiger partial charge in [0.05, 0.1) is 23.5 Å². The number of aryl methyl sites for hydroxylation is 1. The number of hydrogen-bond donors (Lipinski definition) is 1. The molecule has 0 fully saturated rings. The molecule has 17 heavy (non-hydrogen) atoms. The lowest BCUT2D eigenvalue weighted by molar-refractivity contribution is 0.199. The molecule has 1 aromatic heterocycles. The molecule has 0 amide bonds. The average Bonchev–Trinajstić information content (AvgIpc) is 2.69. The van der Waals surface area contributed by atoms with Crippen LogP contribution in [0.5, 0.6) is 0 Å². The summed E-state index contributed by atoms with van der Waals surface area (Å²) in [6.45, 7) is 5.46. The molecular weight excluding hydrogens is 238 g/mol. The molecular formula is C12H20ClN3O. The first-order valence-corrected chi connectivity index (χ1v) is 6.25. The Labute approximate surface area is 108 Å². The number of aromatic nitrogens is 2. The van der Waals surface area contributed by atoms with E-state index in [4.69, 9.17) is 16.3 Å². The van der Waals surface area contributed by atoms with Crippen molar-refractivity contribution in [2.24, 2.45) is 0 Å². The number of nitrogens with zero attached hydrogens (tertiary/aromatic N) is 2. The summed E-state index contributed by atoms with van der Waals surface area (Å²) >= 11 is 6.04. The van der Waals surface area contributed by atoms with E-state index in [9.17, 15) is 0 Å². The summed E-state index contributed by atoms with van der Waals surface area (Å²) in [5.74, 6) is 0. The first kappa shape index (κ1) is 14.2. The van der Waals surface area contributed by atoms with Crippen LogP contribution in [0.4, 0.5) is 0 Å². The van der Waals surface area contributed by atoms with Crippen molar-refractivity contribution >= 4 is 17.7 Å². The Morgan fingerprint density at radius 3 is 3.06 bits per heavy atom. The molecule has 0 atom stereocenters. The number of halogens is 1. The molecule has 0 aliphatic carbocycles. The van der Waals surface area contributed by atoms with Crippen LogP contribution in [0.2, 0.25) is 5.02 Å². The van der Waals surface area contributed by atoms with E-state index >= 15 is 0 Å². The highest BCUT2D eigenvalue weighted by Crippen LogP contribution is 2.16. The second-order valence-corrected chi connectivity index (χ2v) is 4.03. The normalized spacial score (nSPS) is 11.5. The Kier molecular flexibility index (Phi) is 6.93. The average molecular weight is 258 g/mol. The quantitative estimate of drug-likeness (QED) is 0.726. The third-order valence-electron chi connectivity index (χ3n) is 2.38. The lowest BCUT2D eigenvalue weighted by atomic mass is 10.3. The highest BCUT2D eigenvalue weighted by atomic mass is 35.5. The number of rotatable bonds is 8. The van der Waals surface area contributed by atoms with Crippen molar-refractivity contribution in [1.29, 1.82) is 0 Å². The summed E-state index contributed by atoms with van der Waals surface area (Å²) in [6.07, 6.45) is 6.78. The van der Waals surface area contributed by atoms with Gasteiger partial charge >= 0.3 is 0 Å². The van der Waals surface area contributed by atoms with Gasteiger partial charge in [-0.15, -0.1) is 0 Å². The predicted molar refractivity (Wildman–Crippen MR) is 71.3 cm³/mol. The lowest BCUT2D eigenvalue weighted by Crippen LogP contribution is -2.19. The van der Waals surface area contributed by atoms with Crippen LogP contribution >= 0.6 is 11.6 Å². The van der Waals surface area contributed by atoms with Gasteiger partial charge in [-0.1, -0.05) is 17.7 Å². The zero-order chi connectivity index (χ0) is 12.5. The Balaban J connectivity index is 2.30. The van der Waals surface area contributed by atoms with Gasteiger partial charge < -0.3 is 10.1 Å². The monoisotopic (exact) mass is 257 g/mol. The topological polar surface area (TPSA) is 39.1 Å². The molecule has 4 nitrogen and oxygen atoms in total. The van der Waals surface area contributed by atoms with Gasteiger partial charge in [0.25, 0.3) is 0 Å². The summed E-state index contributed by atoms with van der Waals surface area (Å²) < 4.78 is 6.83. The van der Waals surface area contributed by atoms with Gasteiger partial charge in [0.1, 0.15) is 0 Å². The van der Waals surface area contributed by atoms with Gasteiger partial charge in [-0.05, 0) is 26.0 Å².